The molecular formula is C16H18O2. The van der Waals surface area contributed by atoms with Crippen LogP contribution in [0.3, 0.4) is 0 Å². The summed E-state index contributed by atoms with van der Waals surface area (Å²) in [5.41, 5.74) is 3.52. The molecule has 0 saturated carbocycles. The second-order valence-corrected chi connectivity index (χ2v) is 5.57. The monoisotopic (exact) mass is 242 g/mol. The molecule has 2 rings (SSSR count). The van der Waals surface area contributed by atoms with Gasteiger partial charge in [-0.15, -0.1) is 0 Å². The zero-order valence-electron chi connectivity index (χ0n) is 11.3. The van der Waals surface area contributed by atoms with Gasteiger partial charge in [0.15, 0.2) is 12.0 Å². The van der Waals surface area contributed by atoms with E-state index in [2.05, 4.69) is 45.9 Å². The molecule has 0 aliphatic carbocycles. The van der Waals surface area contributed by atoms with Crippen molar-refractivity contribution in [1.82, 2.24) is 0 Å². The summed E-state index contributed by atoms with van der Waals surface area (Å²) >= 11 is 0. The lowest BCUT2D eigenvalue weighted by molar-refractivity contribution is 0.110. The van der Waals surface area contributed by atoms with E-state index in [0.29, 0.717) is 5.76 Å². The van der Waals surface area contributed by atoms with E-state index < -0.39 is 0 Å². The quantitative estimate of drug-likeness (QED) is 0.732. The summed E-state index contributed by atoms with van der Waals surface area (Å²) < 4.78 is 5.57. The first-order chi connectivity index (χ1) is 8.43. The van der Waals surface area contributed by atoms with Gasteiger partial charge < -0.3 is 4.42 Å². The van der Waals surface area contributed by atoms with E-state index in [0.717, 1.165) is 23.2 Å². The Morgan fingerprint density at radius 1 is 1.11 bits per heavy atom. The molecule has 0 N–H and O–H groups in total. The molecule has 94 valence electrons. The van der Waals surface area contributed by atoms with Crippen LogP contribution in [0.25, 0.3) is 11.3 Å². The van der Waals surface area contributed by atoms with Crippen molar-refractivity contribution in [3.8, 4) is 11.3 Å². The van der Waals surface area contributed by atoms with E-state index in [1.165, 1.54) is 5.56 Å². The number of carbonyl (C=O) groups is 1. The fourth-order valence-electron chi connectivity index (χ4n) is 2.17. The lowest BCUT2D eigenvalue weighted by atomic mass is 9.81. The number of hydrogen-bond donors (Lipinski definition) is 0. The topological polar surface area (TPSA) is 30.2 Å². The van der Waals surface area contributed by atoms with Crippen molar-refractivity contribution in [2.45, 2.75) is 33.1 Å². The van der Waals surface area contributed by atoms with Gasteiger partial charge in [0.1, 0.15) is 5.76 Å². The number of rotatable bonds is 2. The maximum Gasteiger partial charge on any atom is 0.185 e. The minimum Gasteiger partial charge on any atom is -0.453 e. The predicted octanol–water partition coefficient (Wildman–Crippen LogP) is 4.37. The standard InChI is InChI=1S/C16H18O2/c1-11-6-5-7-13(16(2,3)4)15(11)14-9-8-12(10-17)18-14/h5-10H,1-4H3. The number of hydrogen-bond acceptors (Lipinski definition) is 2. The van der Waals surface area contributed by atoms with Gasteiger partial charge in [-0.25, -0.2) is 0 Å². The molecule has 0 spiro atoms. The van der Waals surface area contributed by atoms with E-state index in [1.54, 1.807) is 6.07 Å². The van der Waals surface area contributed by atoms with Gasteiger partial charge in [-0.05, 0) is 35.6 Å². The average molecular weight is 242 g/mol. The molecule has 1 heterocycles. The van der Waals surface area contributed by atoms with Crippen LogP contribution in [-0.4, -0.2) is 6.29 Å². The van der Waals surface area contributed by atoms with Crippen molar-refractivity contribution in [2.24, 2.45) is 0 Å². The van der Waals surface area contributed by atoms with Crippen molar-refractivity contribution in [1.29, 1.82) is 0 Å². The van der Waals surface area contributed by atoms with Crippen molar-refractivity contribution >= 4 is 6.29 Å². The smallest absolute Gasteiger partial charge is 0.185 e. The largest absolute Gasteiger partial charge is 0.453 e. The van der Waals surface area contributed by atoms with Crippen LogP contribution in [0.4, 0.5) is 0 Å². The number of aldehydes is 1. The Labute approximate surface area is 108 Å². The van der Waals surface area contributed by atoms with Gasteiger partial charge in [0, 0.05) is 5.56 Å². The molecule has 18 heavy (non-hydrogen) atoms. The minimum atomic E-state index is 0.0372. The fourth-order valence-corrected chi connectivity index (χ4v) is 2.17. The van der Waals surface area contributed by atoms with Crippen LogP contribution in [0.1, 0.15) is 42.5 Å². The molecule has 2 heteroatoms. The highest BCUT2D eigenvalue weighted by atomic mass is 16.3. The van der Waals surface area contributed by atoms with Crippen LogP contribution in [0.5, 0.6) is 0 Å². The lowest BCUT2D eigenvalue weighted by Gasteiger charge is -2.23. The molecule has 0 radical (unpaired) electrons. The Balaban J connectivity index is 2.65. The molecule has 2 aromatic rings. The summed E-state index contributed by atoms with van der Waals surface area (Å²) in [6.45, 7) is 8.59. The Morgan fingerprint density at radius 2 is 1.83 bits per heavy atom. The Hall–Kier alpha value is -1.83. The molecule has 0 saturated heterocycles. The third-order valence-electron chi connectivity index (χ3n) is 3.07. The van der Waals surface area contributed by atoms with Crippen LogP contribution in [0.15, 0.2) is 34.7 Å². The van der Waals surface area contributed by atoms with Crippen molar-refractivity contribution < 1.29 is 9.21 Å². The Bertz CT molecular complexity index is 571. The summed E-state index contributed by atoms with van der Waals surface area (Å²) in [4.78, 5) is 10.7. The molecule has 2 nitrogen and oxygen atoms in total. The van der Waals surface area contributed by atoms with Gasteiger partial charge in [-0.2, -0.15) is 0 Å². The number of benzene rings is 1. The van der Waals surface area contributed by atoms with Crippen molar-refractivity contribution in [3.63, 3.8) is 0 Å². The maximum absolute atomic E-state index is 10.7. The zero-order chi connectivity index (χ0) is 13.3. The molecule has 0 aliphatic rings. The van der Waals surface area contributed by atoms with Gasteiger partial charge in [0.05, 0.1) is 0 Å². The van der Waals surface area contributed by atoms with Crippen LogP contribution < -0.4 is 0 Å². The lowest BCUT2D eigenvalue weighted by Crippen LogP contribution is -2.13. The first kappa shape index (κ1) is 12.6. The molecule has 0 fully saturated rings. The summed E-state index contributed by atoms with van der Waals surface area (Å²) in [5.74, 6) is 1.13. The summed E-state index contributed by atoms with van der Waals surface area (Å²) in [5, 5.41) is 0. The van der Waals surface area contributed by atoms with Gasteiger partial charge in [0.2, 0.25) is 0 Å². The molecule has 0 unspecified atom stereocenters. The highest BCUT2D eigenvalue weighted by molar-refractivity contribution is 5.74. The molecular weight excluding hydrogens is 224 g/mol. The minimum absolute atomic E-state index is 0.0372. The third-order valence-corrected chi connectivity index (χ3v) is 3.07. The fraction of sp³-hybridized carbons (Fsp3) is 0.312. The first-order valence-corrected chi connectivity index (χ1v) is 6.09. The Morgan fingerprint density at radius 3 is 2.39 bits per heavy atom. The summed E-state index contributed by atoms with van der Waals surface area (Å²) in [6.07, 6.45) is 0.735. The maximum atomic E-state index is 10.7. The number of carbonyl (C=O) groups excluding carboxylic acids is 1. The van der Waals surface area contributed by atoms with E-state index in [4.69, 9.17) is 4.42 Å². The van der Waals surface area contributed by atoms with Gasteiger partial charge in [0.25, 0.3) is 0 Å². The van der Waals surface area contributed by atoms with E-state index in [9.17, 15) is 4.79 Å². The molecule has 1 aromatic carbocycles. The van der Waals surface area contributed by atoms with Crippen LogP contribution >= 0.6 is 0 Å². The van der Waals surface area contributed by atoms with Crippen LogP contribution in [0.2, 0.25) is 0 Å². The third kappa shape index (κ3) is 2.23. The average Bonchev–Trinajstić information content (AvgIpc) is 2.75. The van der Waals surface area contributed by atoms with Crippen molar-refractivity contribution in [2.75, 3.05) is 0 Å². The second-order valence-electron chi connectivity index (χ2n) is 5.57. The number of furan rings is 1. The summed E-state index contributed by atoms with van der Waals surface area (Å²) in [6, 6.07) is 9.81. The van der Waals surface area contributed by atoms with Gasteiger partial charge >= 0.3 is 0 Å². The zero-order valence-corrected chi connectivity index (χ0v) is 11.3. The molecule has 1 aromatic heterocycles. The van der Waals surface area contributed by atoms with Gasteiger partial charge in [-0.3, -0.25) is 4.79 Å². The molecule has 0 atom stereocenters. The van der Waals surface area contributed by atoms with E-state index in [-0.39, 0.29) is 5.41 Å². The SMILES string of the molecule is Cc1cccc(C(C)(C)C)c1-c1ccc(C=O)o1. The van der Waals surface area contributed by atoms with Crippen molar-refractivity contribution in [3.05, 3.63) is 47.2 Å². The first-order valence-electron chi connectivity index (χ1n) is 6.09. The van der Waals surface area contributed by atoms with E-state index >= 15 is 0 Å². The number of aryl methyl sites for hydroxylation is 1. The normalized spacial score (nSPS) is 11.6. The Kier molecular flexibility index (Phi) is 3.12. The predicted molar refractivity (Wildman–Crippen MR) is 73.0 cm³/mol. The highest BCUT2D eigenvalue weighted by Crippen LogP contribution is 2.35. The highest BCUT2D eigenvalue weighted by Gasteiger charge is 2.21. The second kappa shape index (κ2) is 4.45. The van der Waals surface area contributed by atoms with Gasteiger partial charge in [-0.1, -0.05) is 39.0 Å². The van der Waals surface area contributed by atoms with Crippen LogP contribution in [-0.2, 0) is 5.41 Å². The van der Waals surface area contributed by atoms with Crippen LogP contribution in [0, 0.1) is 6.92 Å². The summed E-state index contributed by atoms with van der Waals surface area (Å²) in [7, 11) is 0. The molecule has 0 amide bonds. The molecule has 0 aliphatic heterocycles. The molecule has 0 bridgehead atoms. The van der Waals surface area contributed by atoms with E-state index in [1.807, 2.05) is 6.07 Å².